The van der Waals surface area contributed by atoms with Gasteiger partial charge in [0.2, 0.25) is 11.8 Å². The van der Waals surface area contributed by atoms with Crippen LogP contribution in [0.25, 0.3) is 0 Å². The van der Waals surface area contributed by atoms with Gasteiger partial charge in [0.15, 0.2) is 0 Å². The second-order valence-corrected chi connectivity index (χ2v) is 7.96. The SMILES string of the molecule is O=C(CN1CCN(C(=O)C[C@H]2OC(=O)c3ccccc32)CC1)Nc1ccc(OC(F)(F)F)cc1. The summed E-state index contributed by atoms with van der Waals surface area (Å²) in [6, 6.07) is 11.9. The minimum Gasteiger partial charge on any atom is -0.453 e. The summed E-state index contributed by atoms with van der Waals surface area (Å²) in [6.07, 6.45) is -5.30. The molecule has 2 aromatic carbocycles. The third kappa shape index (κ3) is 5.84. The van der Waals surface area contributed by atoms with E-state index in [1.54, 1.807) is 29.2 Å². The molecule has 1 saturated heterocycles. The van der Waals surface area contributed by atoms with Crippen LogP contribution >= 0.6 is 0 Å². The van der Waals surface area contributed by atoms with Gasteiger partial charge in [0, 0.05) is 37.4 Å². The second-order valence-electron chi connectivity index (χ2n) is 7.96. The highest BCUT2D eigenvalue weighted by atomic mass is 19.4. The largest absolute Gasteiger partial charge is 0.573 e. The number of hydrogen-bond acceptors (Lipinski definition) is 6. The molecule has 2 aliphatic heterocycles. The molecule has 2 amide bonds. The van der Waals surface area contributed by atoms with Crippen LogP contribution in [0.1, 0.15) is 28.4 Å². The first-order chi connectivity index (χ1) is 16.2. The first-order valence-electron chi connectivity index (χ1n) is 10.6. The van der Waals surface area contributed by atoms with Crippen molar-refractivity contribution in [2.24, 2.45) is 0 Å². The number of cyclic esters (lactones) is 1. The van der Waals surface area contributed by atoms with Gasteiger partial charge in [-0.25, -0.2) is 4.79 Å². The lowest BCUT2D eigenvalue weighted by Crippen LogP contribution is -2.50. The number of hydrogen-bond donors (Lipinski definition) is 1. The average Bonchev–Trinajstić information content (AvgIpc) is 3.10. The summed E-state index contributed by atoms with van der Waals surface area (Å²) in [6.45, 7) is 1.91. The molecule has 4 rings (SSSR count). The number of nitrogens with zero attached hydrogens (tertiary/aromatic N) is 2. The highest BCUT2D eigenvalue weighted by Crippen LogP contribution is 2.33. The normalized spacial score (nSPS) is 18.3. The summed E-state index contributed by atoms with van der Waals surface area (Å²) in [5.41, 5.74) is 1.55. The van der Waals surface area contributed by atoms with Crippen LogP contribution in [0, 0.1) is 0 Å². The van der Waals surface area contributed by atoms with Gasteiger partial charge in [-0.15, -0.1) is 13.2 Å². The summed E-state index contributed by atoms with van der Waals surface area (Å²) >= 11 is 0. The monoisotopic (exact) mass is 477 g/mol. The van der Waals surface area contributed by atoms with Crippen molar-refractivity contribution in [2.45, 2.75) is 18.9 Å². The highest BCUT2D eigenvalue weighted by Gasteiger charge is 2.34. The number of amides is 2. The minimum atomic E-state index is -4.78. The van der Waals surface area contributed by atoms with Crippen LogP contribution in [0.15, 0.2) is 48.5 Å². The highest BCUT2D eigenvalue weighted by molar-refractivity contribution is 5.95. The van der Waals surface area contributed by atoms with Crippen LogP contribution in [0.2, 0.25) is 0 Å². The maximum Gasteiger partial charge on any atom is 0.573 e. The smallest absolute Gasteiger partial charge is 0.453 e. The lowest BCUT2D eigenvalue weighted by atomic mass is 10.0. The van der Waals surface area contributed by atoms with E-state index < -0.39 is 18.4 Å². The van der Waals surface area contributed by atoms with Crippen LogP contribution in [0.3, 0.4) is 0 Å². The molecule has 0 bridgehead atoms. The van der Waals surface area contributed by atoms with E-state index in [4.69, 9.17) is 4.74 Å². The molecule has 0 aliphatic carbocycles. The number of benzene rings is 2. The molecular weight excluding hydrogens is 455 g/mol. The van der Waals surface area contributed by atoms with Gasteiger partial charge in [-0.3, -0.25) is 14.5 Å². The van der Waals surface area contributed by atoms with Crippen LogP contribution in [-0.4, -0.2) is 66.7 Å². The zero-order valence-electron chi connectivity index (χ0n) is 18.0. The molecule has 1 fully saturated rings. The number of nitrogens with one attached hydrogen (secondary N) is 1. The van der Waals surface area contributed by atoms with Gasteiger partial charge in [0.1, 0.15) is 11.9 Å². The Hall–Kier alpha value is -3.60. The van der Waals surface area contributed by atoms with Gasteiger partial charge in [-0.05, 0) is 30.3 Å². The Morgan fingerprint density at radius 2 is 1.71 bits per heavy atom. The summed E-state index contributed by atoms with van der Waals surface area (Å²) in [5, 5.41) is 2.63. The van der Waals surface area contributed by atoms with Crippen molar-refractivity contribution in [1.82, 2.24) is 9.80 Å². The van der Waals surface area contributed by atoms with Crippen molar-refractivity contribution in [1.29, 1.82) is 0 Å². The predicted octanol–water partition coefficient (Wildman–Crippen LogP) is 2.97. The van der Waals surface area contributed by atoms with E-state index in [-0.39, 0.29) is 30.5 Å². The summed E-state index contributed by atoms with van der Waals surface area (Å²) < 4.78 is 45.8. The third-order valence-electron chi connectivity index (χ3n) is 5.60. The van der Waals surface area contributed by atoms with Gasteiger partial charge in [-0.1, -0.05) is 18.2 Å². The maximum absolute atomic E-state index is 12.7. The number of halogens is 3. The molecule has 0 saturated carbocycles. The van der Waals surface area contributed by atoms with E-state index in [1.807, 2.05) is 4.90 Å². The van der Waals surface area contributed by atoms with Crippen LogP contribution in [-0.2, 0) is 14.3 Å². The number of alkyl halides is 3. The molecule has 2 aromatic rings. The Morgan fingerprint density at radius 3 is 2.38 bits per heavy atom. The van der Waals surface area contributed by atoms with Crippen molar-refractivity contribution >= 4 is 23.5 Å². The fraction of sp³-hybridized carbons (Fsp3) is 0.348. The molecule has 34 heavy (non-hydrogen) atoms. The molecule has 2 heterocycles. The Kier molecular flexibility index (Phi) is 6.73. The topological polar surface area (TPSA) is 88.2 Å². The van der Waals surface area contributed by atoms with E-state index >= 15 is 0 Å². The fourth-order valence-electron chi connectivity index (χ4n) is 3.96. The van der Waals surface area contributed by atoms with E-state index in [0.29, 0.717) is 43.0 Å². The Balaban J connectivity index is 1.21. The number of fused-ring (bicyclic) bond motifs is 1. The van der Waals surface area contributed by atoms with Gasteiger partial charge in [-0.2, -0.15) is 0 Å². The number of esters is 1. The van der Waals surface area contributed by atoms with Crippen LogP contribution in [0.5, 0.6) is 5.75 Å². The molecular formula is C23H22F3N3O5. The zero-order chi connectivity index (χ0) is 24.3. The minimum absolute atomic E-state index is 0.0668. The number of carbonyl (C=O) groups excluding carboxylic acids is 3. The molecule has 1 N–H and O–H groups in total. The predicted molar refractivity (Wildman–Crippen MR) is 114 cm³/mol. The quantitative estimate of drug-likeness (QED) is 0.644. The third-order valence-corrected chi connectivity index (χ3v) is 5.60. The van der Waals surface area contributed by atoms with Crippen LogP contribution < -0.4 is 10.1 Å². The van der Waals surface area contributed by atoms with Crippen molar-refractivity contribution in [3.8, 4) is 5.75 Å². The van der Waals surface area contributed by atoms with E-state index in [2.05, 4.69) is 10.1 Å². The standard InChI is InChI=1S/C23H22F3N3O5/c24-23(25,26)34-16-7-5-15(6-8-16)27-20(30)14-28-9-11-29(12-10-28)21(31)13-19-17-3-1-2-4-18(17)22(32)33-19/h1-8,19H,9-14H2,(H,27,30)/t19-/m1/s1. The van der Waals surface area contributed by atoms with E-state index in [9.17, 15) is 27.6 Å². The average molecular weight is 477 g/mol. The second kappa shape index (κ2) is 9.72. The van der Waals surface area contributed by atoms with Gasteiger partial charge >= 0.3 is 12.3 Å². The Morgan fingerprint density at radius 1 is 1.03 bits per heavy atom. The number of piperazine rings is 1. The van der Waals surface area contributed by atoms with Crippen molar-refractivity contribution < 1.29 is 37.0 Å². The van der Waals surface area contributed by atoms with Crippen molar-refractivity contribution in [3.63, 3.8) is 0 Å². The Labute approximate surface area is 193 Å². The Bertz CT molecular complexity index is 1070. The number of ether oxygens (including phenoxy) is 2. The molecule has 1 atom stereocenters. The lowest BCUT2D eigenvalue weighted by molar-refractivity contribution is -0.274. The molecule has 0 radical (unpaired) electrons. The van der Waals surface area contributed by atoms with Gasteiger partial charge in [0.25, 0.3) is 0 Å². The molecule has 11 heteroatoms. The fourth-order valence-corrected chi connectivity index (χ4v) is 3.96. The maximum atomic E-state index is 12.7. The summed E-state index contributed by atoms with van der Waals surface area (Å²) in [5.74, 6) is -1.24. The van der Waals surface area contributed by atoms with Gasteiger partial charge in [0.05, 0.1) is 18.5 Å². The molecule has 2 aliphatic rings. The zero-order valence-corrected chi connectivity index (χ0v) is 18.0. The summed E-state index contributed by atoms with van der Waals surface area (Å²) in [7, 11) is 0. The van der Waals surface area contributed by atoms with Gasteiger partial charge < -0.3 is 19.7 Å². The summed E-state index contributed by atoms with van der Waals surface area (Å²) in [4.78, 5) is 40.5. The van der Waals surface area contributed by atoms with Crippen molar-refractivity contribution in [2.75, 3.05) is 38.0 Å². The molecule has 0 spiro atoms. The van der Waals surface area contributed by atoms with Crippen LogP contribution in [0.4, 0.5) is 18.9 Å². The first-order valence-corrected chi connectivity index (χ1v) is 10.6. The van der Waals surface area contributed by atoms with E-state index in [1.165, 1.54) is 12.1 Å². The molecule has 0 unspecified atom stereocenters. The number of rotatable bonds is 6. The van der Waals surface area contributed by atoms with Crippen molar-refractivity contribution in [3.05, 3.63) is 59.7 Å². The molecule has 8 nitrogen and oxygen atoms in total. The number of carbonyl (C=O) groups is 3. The first kappa shape index (κ1) is 23.6. The number of anilines is 1. The molecule has 0 aromatic heterocycles. The lowest BCUT2D eigenvalue weighted by Gasteiger charge is -2.34. The van der Waals surface area contributed by atoms with E-state index in [0.717, 1.165) is 12.1 Å². The molecule has 180 valence electrons.